The molecule has 0 aliphatic carbocycles. The van der Waals surface area contributed by atoms with Gasteiger partial charge in [0.25, 0.3) is 0 Å². The van der Waals surface area contributed by atoms with Gasteiger partial charge in [0.1, 0.15) is 0 Å². The molecular weight excluding hydrogens is 230 g/mol. The summed E-state index contributed by atoms with van der Waals surface area (Å²) in [4.78, 5) is 4.50. The van der Waals surface area contributed by atoms with Crippen molar-refractivity contribution in [2.75, 3.05) is 13.2 Å². The SMILES string of the molecule is C1CCC(c2noc(CCC3CCCO3)n2)NC1. The first kappa shape index (κ1) is 12.1. The predicted molar refractivity (Wildman–Crippen MR) is 66.2 cm³/mol. The molecule has 0 bridgehead atoms. The number of nitrogens with one attached hydrogen (secondary N) is 1. The summed E-state index contributed by atoms with van der Waals surface area (Å²) in [7, 11) is 0. The van der Waals surface area contributed by atoms with E-state index in [0.29, 0.717) is 12.1 Å². The van der Waals surface area contributed by atoms with Gasteiger partial charge in [-0.2, -0.15) is 4.98 Å². The van der Waals surface area contributed by atoms with E-state index in [9.17, 15) is 0 Å². The van der Waals surface area contributed by atoms with Crippen molar-refractivity contribution in [1.82, 2.24) is 15.5 Å². The Bertz CT molecular complexity index is 368. The highest BCUT2D eigenvalue weighted by atomic mass is 16.5. The molecule has 5 heteroatoms. The summed E-state index contributed by atoms with van der Waals surface area (Å²) < 4.78 is 10.9. The molecule has 18 heavy (non-hydrogen) atoms. The molecule has 0 spiro atoms. The minimum atomic E-state index is 0.291. The fraction of sp³-hybridized carbons (Fsp3) is 0.846. The molecule has 1 N–H and O–H groups in total. The molecule has 1 aromatic rings. The van der Waals surface area contributed by atoms with Gasteiger partial charge in [0.2, 0.25) is 5.89 Å². The highest BCUT2D eigenvalue weighted by molar-refractivity contribution is 4.96. The monoisotopic (exact) mass is 251 g/mol. The maximum atomic E-state index is 5.60. The third-order valence-corrected chi connectivity index (χ3v) is 3.81. The van der Waals surface area contributed by atoms with Crippen molar-refractivity contribution in [3.8, 4) is 0 Å². The molecule has 2 unspecified atom stereocenters. The molecule has 3 heterocycles. The number of aryl methyl sites for hydroxylation is 1. The van der Waals surface area contributed by atoms with E-state index in [1.807, 2.05) is 0 Å². The van der Waals surface area contributed by atoms with Gasteiger partial charge in [0.15, 0.2) is 5.82 Å². The summed E-state index contributed by atoms with van der Waals surface area (Å²) in [6.45, 7) is 1.97. The minimum Gasteiger partial charge on any atom is -0.378 e. The molecule has 0 amide bonds. The highest BCUT2D eigenvalue weighted by Gasteiger charge is 2.21. The minimum absolute atomic E-state index is 0.291. The van der Waals surface area contributed by atoms with E-state index >= 15 is 0 Å². The van der Waals surface area contributed by atoms with Crippen molar-refractivity contribution in [2.45, 2.75) is 57.1 Å². The van der Waals surface area contributed by atoms with E-state index in [0.717, 1.165) is 44.1 Å². The molecule has 100 valence electrons. The molecular formula is C13H21N3O2. The van der Waals surface area contributed by atoms with Crippen LogP contribution in [0.5, 0.6) is 0 Å². The van der Waals surface area contributed by atoms with E-state index in [1.54, 1.807) is 0 Å². The second-order valence-corrected chi connectivity index (χ2v) is 5.22. The van der Waals surface area contributed by atoms with Crippen LogP contribution in [0.25, 0.3) is 0 Å². The van der Waals surface area contributed by atoms with Crippen molar-refractivity contribution in [2.24, 2.45) is 0 Å². The zero-order valence-electron chi connectivity index (χ0n) is 10.7. The molecule has 0 radical (unpaired) electrons. The average molecular weight is 251 g/mol. The molecule has 3 rings (SSSR count). The number of piperidine rings is 1. The van der Waals surface area contributed by atoms with E-state index in [4.69, 9.17) is 9.26 Å². The first-order valence-corrected chi connectivity index (χ1v) is 7.09. The normalized spacial score (nSPS) is 28.7. The van der Waals surface area contributed by atoms with E-state index in [1.165, 1.54) is 25.7 Å². The van der Waals surface area contributed by atoms with Crippen LogP contribution in [0.4, 0.5) is 0 Å². The first-order valence-electron chi connectivity index (χ1n) is 7.09. The van der Waals surface area contributed by atoms with Crippen LogP contribution >= 0.6 is 0 Å². The number of hydrogen-bond acceptors (Lipinski definition) is 5. The lowest BCUT2D eigenvalue weighted by atomic mass is 10.0. The Balaban J connectivity index is 1.52. The third-order valence-electron chi connectivity index (χ3n) is 3.81. The Morgan fingerprint density at radius 2 is 2.22 bits per heavy atom. The van der Waals surface area contributed by atoms with Gasteiger partial charge < -0.3 is 14.6 Å². The van der Waals surface area contributed by atoms with Gasteiger partial charge in [-0.05, 0) is 38.6 Å². The van der Waals surface area contributed by atoms with Crippen molar-refractivity contribution in [1.29, 1.82) is 0 Å². The summed E-state index contributed by atoms with van der Waals surface area (Å²) in [5, 5.41) is 7.53. The Morgan fingerprint density at radius 3 is 3.00 bits per heavy atom. The smallest absolute Gasteiger partial charge is 0.226 e. The molecule has 2 fully saturated rings. The van der Waals surface area contributed by atoms with Crippen LogP contribution < -0.4 is 5.32 Å². The second kappa shape index (κ2) is 5.80. The van der Waals surface area contributed by atoms with Crippen molar-refractivity contribution >= 4 is 0 Å². The lowest BCUT2D eigenvalue weighted by Gasteiger charge is -2.19. The maximum absolute atomic E-state index is 5.60. The van der Waals surface area contributed by atoms with Gasteiger partial charge in [0, 0.05) is 13.0 Å². The van der Waals surface area contributed by atoms with E-state index in [2.05, 4.69) is 15.5 Å². The number of hydrogen-bond donors (Lipinski definition) is 1. The molecule has 5 nitrogen and oxygen atoms in total. The standard InChI is InChI=1S/C13H21N3O2/c1-2-8-14-11(5-1)13-15-12(18-16-13)7-6-10-4-3-9-17-10/h10-11,14H,1-9H2. The lowest BCUT2D eigenvalue weighted by molar-refractivity contribution is 0.102. The number of nitrogens with zero attached hydrogens (tertiary/aromatic N) is 2. The summed E-state index contributed by atoms with van der Waals surface area (Å²) in [6, 6.07) is 0.291. The van der Waals surface area contributed by atoms with Crippen LogP contribution in [-0.2, 0) is 11.2 Å². The summed E-state index contributed by atoms with van der Waals surface area (Å²) in [5.74, 6) is 1.59. The van der Waals surface area contributed by atoms with Crippen molar-refractivity contribution < 1.29 is 9.26 Å². The Hall–Kier alpha value is -0.940. The van der Waals surface area contributed by atoms with E-state index < -0.39 is 0 Å². The van der Waals surface area contributed by atoms with Crippen LogP contribution in [0.2, 0.25) is 0 Å². The quantitative estimate of drug-likeness (QED) is 0.886. The number of aromatic nitrogens is 2. The molecule has 2 aliphatic rings. The zero-order chi connectivity index (χ0) is 12.2. The summed E-state index contributed by atoms with van der Waals surface area (Å²) in [5.41, 5.74) is 0. The molecule has 0 saturated carbocycles. The summed E-state index contributed by atoms with van der Waals surface area (Å²) in [6.07, 6.45) is 8.21. The van der Waals surface area contributed by atoms with Gasteiger partial charge in [-0.15, -0.1) is 0 Å². The lowest BCUT2D eigenvalue weighted by Crippen LogP contribution is -2.27. The van der Waals surface area contributed by atoms with E-state index in [-0.39, 0.29) is 0 Å². The fourth-order valence-electron chi connectivity index (χ4n) is 2.74. The van der Waals surface area contributed by atoms with Gasteiger partial charge in [0.05, 0.1) is 12.1 Å². The van der Waals surface area contributed by atoms with Crippen LogP contribution in [0.15, 0.2) is 4.52 Å². The maximum Gasteiger partial charge on any atom is 0.226 e. The Kier molecular flexibility index (Phi) is 3.90. The molecule has 1 aromatic heterocycles. The molecule has 2 aliphatic heterocycles. The topological polar surface area (TPSA) is 60.2 Å². The molecule has 0 aromatic carbocycles. The van der Waals surface area contributed by atoms with Gasteiger partial charge in [-0.3, -0.25) is 0 Å². The van der Waals surface area contributed by atoms with Crippen molar-refractivity contribution in [3.05, 3.63) is 11.7 Å². The second-order valence-electron chi connectivity index (χ2n) is 5.22. The molecule has 2 saturated heterocycles. The highest BCUT2D eigenvalue weighted by Crippen LogP contribution is 2.21. The molecule has 2 atom stereocenters. The third kappa shape index (κ3) is 2.90. The summed E-state index contributed by atoms with van der Waals surface area (Å²) >= 11 is 0. The van der Waals surface area contributed by atoms with Crippen molar-refractivity contribution in [3.63, 3.8) is 0 Å². The zero-order valence-corrected chi connectivity index (χ0v) is 10.7. The van der Waals surface area contributed by atoms with Crippen LogP contribution in [-0.4, -0.2) is 29.4 Å². The van der Waals surface area contributed by atoms with Crippen LogP contribution in [0, 0.1) is 0 Å². The van der Waals surface area contributed by atoms with Gasteiger partial charge in [-0.25, -0.2) is 0 Å². The van der Waals surface area contributed by atoms with Gasteiger partial charge in [-0.1, -0.05) is 11.6 Å². The Morgan fingerprint density at radius 1 is 1.22 bits per heavy atom. The average Bonchev–Trinajstić information content (AvgIpc) is 3.09. The first-order chi connectivity index (χ1) is 8.92. The predicted octanol–water partition coefficient (Wildman–Crippen LogP) is 2.00. The van der Waals surface area contributed by atoms with Crippen LogP contribution in [0.1, 0.15) is 56.3 Å². The Labute approximate surface area is 107 Å². The fourth-order valence-corrected chi connectivity index (χ4v) is 2.74. The number of ether oxygens (including phenoxy) is 1. The van der Waals surface area contributed by atoms with Gasteiger partial charge >= 0.3 is 0 Å². The largest absolute Gasteiger partial charge is 0.378 e. The number of rotatable bonds is 4. The van der Waals surface area contributed by atoms with Crippen LogP contribution in [0.3, 0.4) is 0 Å².